The zero-order valence-corrected chi connectivity index (χ0v) is 10.6. The Labute approximate surface area is 108 Å². The van der Waals surface area contributed by atoms with E-state index in [0.717, 1.165) is 24.3 Å². The van der Waals surface area contributed by atoms with Crippen LogP contribution in [0.25, 0.3) is 0 Å². The molecule has 1 atom stereocenters. The third kappa shape index (κ3) is 5.05. The summed E-state index contributed by atoms with van der Waals surface area (Å²) in [6, 6.07) is 3.05. The number of nitrogens with one attached hydrogen (secondary N) is 1. The lowest BCUT2D eigenvalue weighted by Gasteiger charge is -2.12. The summed E-state index contributed by atoms with van der Waals surface area (Å²) in [5.74, 6) is -0.512. The maximum atomic E-state index is 11.9. The van der Waals surface area contributed by atoms with E-state index < -0.39 is 34.8 Å². The highest BCUT2D eigenvalue weighted by Crippen LogP contribution is 2.23. The summed E-state index contributed by atoms with van der Waals surface area (Å²) in [4.78, 5) is -0.220. The average Bonchev–Trinajstić information content (AvgIpc) is 2.26. The minimum Gasteiger partial charge on any atom is -0.406 e. The molecule has 0 radical (unpaired) electrons. The largest absolute Gasteiger partial charge is 0.573 e. The van der Waals surface area contributed by atoms with Gasteiger partial charge in [-0.25, -0.2) is 13.1 Å². The zero-order valence-electron chi connectivity index (χ0n) is 9.81. The molecule has 0 heterocycles. The van der Waals surface area contributed by atoms with E-state index in [1.54, 1.807) is 0 Å². The Bertz CT molecular complexity index is 513. The summed E-state index contributed by atoms with van der Waals surface area (Å²) in [6.07, 6.45) is -4.83. The van der Waals surface area contributed by atoms with Crippen LogP contribution >= 0.6 is 0 Å². The van der Waals surface area contributed by atoms with Gasteiger partial charge in [-0.15, -0.1) is 13.2 Å². The molecule has 19 heavy (non-hydrogen) atoms. The summed E-state index contributed by atoms with van der Waals surface area (Å²) in [7, 11) is -3.88. The molecule has 0 amide bonds. The number of alkyl halides is 3. The standard InChI is InChI=1S/C10H12F3NO4S/c1-7(6-15)14-19(16,17)9-4-2-8(3-5-9)18-10(11,12)13/h2-5,7,14-15H,6H2,1H3/t7-/m1/s1. The van der Waals surface area contributed by atoms with Crippen molar-refractivity contribution in [1.29, 1.82) is 0 Å². The van der Waals surface area contributed by atoms with Crippen LogP contribution in [0.15, 0.2) is 29.2 Å². The number of benzene rings is 1. The van der Waals surface area contributed by atoms with Gasteiger partial charge in [0.25, 0.3) is 0 Å². The van der Waals surface area contributed by atoms with Crippen LogP contribution in [0.3, 0.4) is 0 Å². The predicted molar refractivity (Wildman–Crippen MR) is 60.0 cm³/mol. The first-order valence-electron chi connectivity index (χ1n) is 5.13. The van der Waals surface area contributed by atoms with Crippen LogP contribution in [-0.4, -0.2) is 32.5 Å². The quantitative estimate of drug-likeness (QED) is 0.858. The first-order valence-corrected chi connectivity index (χ1v) is 6.61. The number of hydrogen-bond acceptors (Lipinski definition) is 4. The molecule has 1 rings (SSSR count). The predicted octanol–water partition coefficient (Wildman–Crippen LogP) is 1.24. The van der Waals surface area contributed by atoms with Crippen molar-refractivity contribution in [3.05, 3.63) is 24.3 Å². The summed E-state index contributed by atoms with van der Waals surface area (Å²) in [6.45, 7) is 1.05. The van der Waals surface area contributed by atoms with Gasteiger partial charge in [0.2, 0.25) is 10.0 Å². The van der Waals surface area contributed by atoms with E-state index in [2.05, 4.69) is 9.46 Å². The lowest BCUT2D eigenvalue weighted by Crippen LogP contribution is -2.34. The molecule has 0 saturated heterocycles. The number of ether oxygens (including phenoxy) is 1. The molecule has 5 nitrogen and oxygen atoms in total. The van der Waals surface area contributed by atoms with Crippen molar-refractivity contribution < 1.29 is 31.4 Å². The van der Waals surface area contributed by atoms with E-state index in [0.29, 0.717) is 0 Å². The van der Waals surface area contributed by atoms with Crippen LogP contribution in [0.5, 0.6) is 5.75 Å². The van der Waals surface area contributed by atoms with Gasteiger partial charge in [-0.1, -0.05) is 0 Å². The topological polar surface area (TPSA) is 75.6 Å². The van der Waals surface area contributed by atoms with Crippen molar-refractivity contribution >= 4 is 10.0 Å². The summed E-state index contributed by atoms with van der Waals surface area (Å²) >= 11 is 0. The maximum Gasteiger partial charge on any atom is 0.573 e. The van der Waals surface area contributed by atoms with Gasteiger partial charge in [-0.05, 0) is 31.2 Å². The third-order valence-electron chi connectivity index (χ3n) is 2.00. The average molecular weight is 299 g/mol. The monoisotopic (exact) mass is 299 g/mol. The van der Waals surface area contributed by atoms with E-state index in [-0.39, 0.29) is 4.90 Å². The fraction of sp³-hybridized carbons (Fsp3) is 0.400. The molecule has 9 heteroatoms. The number of rotatable bonds is 5. The van der Waals surface area contributed by atoms with E-state index >= 15 is 0 Å². The number of halogens is 3. The summed E-state index contributed by atoms with van der Waals surface area (Å²) < 4.78 is 64.9. The van der Waals surface area contributed by atoms with Gasteiger partial charge in [0, 0.05) is 6.04 Å². The number of aliphatic hydroxyl groups excluding tert-OH is 1. The molecule has 0 unspecified atom stereocenters. The van der Waals surface area contributed by atoms with Gasteiger partial charge in [0.1, 0.15) is 5.75 Å². The molecule has 0 aromatic heterocycles. The second kappa shape index (κ2) is 5.76. The number of sulfonamides is 1. The van der Waals surface area contributed by atoms with Gasteiger partial charge in [0.05, 0.1) is 11.5 Å². The van der Waals surface area contributed by atoms with Crippen molar-refractivity contribution in [3.8, 4) is 5.75 Å². The number of hydrogen-bond donors (Lipinski definition) is 2. The first-order chi connectivity index (χ1) is 8.64. The molecular formula is C10H12F3NO4S. The van der Waals surface area contributed by atoms with Gasteiger partial charge < -0.3 is 9.84 Å². The SMILES string of the molecule is C[C@H](CO)NS(=O)(=O)c1ccc(OC(F)(F)F)cc1. The second-order valence-electron chi connectivity index (χ2n) is 3.72. The minimum atomic E-state index is -4.83. The summed E-state index contributed by atoms with van der Waals surface area (Å²) in [5, 5.41) is 8.74. The highest BCUT2D eigenvalue weighted by atomic mass is 32.2. The van der Waals surface area contributed by atoms with E-state index in [9.17, 15) is 21.6 Å². The highest BCUT2D eigenvalue weighted by Gasteiger charge is 2.31. The number of aliphatic hydroxyl groups is 1. The molecule has 0 saturated carbocycles. The fourth-order valence-electron chi connectivity index (χ4n) is 1.19. The molecule has 1 aromatic rings. The Morgan fingerprint density at radius 2 is 1.84 bits per heavy atom. The van der Waals surface area contributed by atoms with Crippen LogP contribution in [0.2, 0.25) is 0 Å². The Kier molecular flexibility index (Phi) is 4.77. The Morgan fingerprint density at radius 3 is 2.26 bits per heavy atom. The smallest absolute Gasteiger partial charge is 0.406 e. The molecule has 0 aliphatic rings. The van der Waals surface area contributed by atoms with Crippen molar-refractivity contribution in [2.75, 3.05) is 6.61 Å². The van der Waals surface area contributed by atoms with Gasteiger partial charge >= 0.3 is 6.36 Å². The van der Waals surface area contributed by atoms with Crippen LogP contribution in [0.1, 0.15) is 6.92 Å². The first kappa shape index (κ1) is 15.7. The Morgan fingerprint density at radius 1 is 1.32 bits per heavy atom. The molecular weight excluding hydrogens is 287 g/mol. The van der Waals surface area contributed by atoms with Crippen molar-refractivity contribution in [2.45, 2.75) is 24.2 Å². The van der Waals surface area contributed by atoms with Crippen molar-refractivity contribution in [2.24, 2.45) is 0 Å². The highest BCUT2D eigenvalue weighted by molar-refractivity contribution is 7.89. The molecule has 0 aliphatic heterocycles. The molecule has 0 spiro atoms. The van der Waals surface area contributed by atoms with E-state index in [4.69, 9.17) is 5.11 Å². The van der Waals surface area contributed by atoms with Gasteiger partial charge in [0.15, 0.2) is 0 Å². The van der Waals surface area contributed by atoms with E-state index in [1.807, 2.05) is 0 Å². The fourth-order valence-corrected chi connectivity index (χ4v) is 2.43. The molecule has 1 aromatic carbocycles. The van der Waals surface area contributed by atoms with Crippen LogP contribution in [-0.2, 0) is 10.0 Å². The van der Waals surface area contributed by atoms with E-state index in [1.165, 1.54) is 6.92 Å². The zero-order chi connectivity index (χ0) is 14.7. The van der Waals surface area contributed by atoms with Crippen molar-refractivity contribution in [1.82, 2.24) is 4.72 Å². The van der Waals surface area contributed by atoms with Crippen LogP contribution < -0.4 is 9.46 Å². The lowest BCUT2D eigenvalue weighted by atomic mass is 10.3. The van der Waals surface area contributed by atoms with Gasteiger partial charge in [-0.2, -0.15) is 0 Å². The lowest BCUT2D eigenvalue weighted by molar-refractivity contribution is -0.274. The minimum absolute atomic E-state index is 0.220. The Balaban J connectivity index is 2.87. The summed E-state index contributed by atoms with van der Waals surface area (Å²) in [5.41, 5.74) is 0. The Hall–Kier alpha value is -1.32. The van der Waals surface area contributed by atoms with Crippen LogP contribution in [0.4, 0.5) is 13.2 Å². The molecule has 0 aliphatic carbocycles. The molecule has 108 valence electrons. The normalized spacial score (nSPS) is 14.2. The van der Waals surface area contributed by atoms with Gasteiger partial charge in [-0.3, -0.25) is 0 Å². The van der Waals surface area contributed by atoms with Crippen molar-refractivity contribution in [3.63, 3.8) is 0 Å². The maximum absolute atomic E-state index is 11.9. The molecule has 0 fully saturated rings. The second-order valence-corrected chi connectivity index (χ2v) is 5.44. The molecule has 2 N–H and O–H groups in total. The van der Waals surface area contributed by atoms with Crippen LogP contribution in [0, 0.1) is 0 Å². The molecule has 0 bridgehead atoms. The third-order valence-corrected chi connectivity index (χ3v) is 3.60.